The molecule has 1 atom stereocenters. The van der Waals surface area contributed by atoms with Gasteiger partial charge in [-0.2, -0.15) is 0 Å². The molecule has 0 fully saturated rings. The maximum absolute atomic E-state index is 13.4. The van der Waals surface area contributed by atoms with Crippen LogP contribution in [0, 0.1) is 6.92 Å². The van der Waals surface area contributed by atoms with Crippen LogP contribution in [0.2, 0.25) is 0 Å². The van der Waals surface area contributed by atoms with Crippen molar-refractivity contribution >= 4 is 23.1 Å². The van der Waals surface area contributed by atoms with Crippen molar-refractivity contribution in [3.63, 3.8) is 0 Å². The molecule has 30 heavy (non-hydrogen) atoms. The van der Waals surface area contributed by atoms with Gasteiger partial charge in [0, 0.05) is 0 Å². The van der Waals surface area contributed by atoms with Gasteiger partial charge in [-0.25, -0.2) is 0 Å². The van der Waals surface area contributed by atoms with Gasteiger partial charge in [0.05, 0.1) is 0 Å². The second-order valence-electron chi connectivity index (χ2n) is 7.25. The van der Waals surface area contributed by atoms with Crippen molar-refractivity contribution in [3.05, 3.63) is 63.7 Å². The van der Waals surface area contributed by atoms with E-state index >= 15 is 0 Å². The third-order valence-electron chi connectivity index (χ3n) is 5.13. The SMILES string of the molecule is CCCC1=Cc2c(ccc(C)c2-c2cc(C(F)(F)F)cc(C(F)(F)F)c2)[CH]1[Zr]([Cl])[Cl]. The first-order chi connectivity index (χ1) is 13.8. The molecule has 0 aromatic heterocycles. The van der Waals surface area contributed by atoms with Crippen LogP contribution < -0.4 is 0 Å². The number of hydrogen-bond donors (Lipinski definition) is 0. The normalized spacial score (nSPS) is 16.5. The summed E-state index contributed by atoms with van der Waals surface area (Å²) in [5, 5.41) is 0. The van der Waals surface area contributed by atoms with Crippen molar-refractivity contribution in [3.8, 4) is 11.1 Å². The molecule has 3 rings (SSSR count). The zero-order valence-electron chi connectivity index (χ0n) is 16.0. The fourth-order valence-corrected chi connectivity index (χ4v) is 9.36. The summed E-state index contributed by atoms with van der Waals surface area (Å²) in [5.74, 6) is 0. The minimum atomic E-state index is -4.90. The molecule has 9 heteroatoms. The first-order valence-electron chi connectivity index (χ1n) is 9.16. The molecule has 1 aliphatic rings. The Kier molecular flexibility index (Phi) is 6.87. The van der Waals surface area contributed by atoms with Gasteiger partial charge < -0.3 is 0 Å². The summed E-state index contributed by atoms with van der Waals surface area (Å²) in [6, 6.07) is 5.24. The van der Waals surface area contributed by atoms with Crippen molar-refractivity contribution in [2.45, 2.75) is 42.7 Å². The van der Waals surface area contributed by atoms with Gasteiger partial charge in [0.25, 0.3) is 0 Å². The van der Waals surface area contributed by atoms with Crippen molar-refractivity contribution in [1.82, 2.24) is 0 Å². The molecule has 0 aliphatic heterocycles. The van der Waals surface area contributed by atoms with Crippen LogP contribution in [0.3, 0.4) is 0 Å². The van der Waals surface area contributed by atoms with Crippen LogP contribution in [0.25, 0.3) is 17.2 Å². The average Bonchev–Trinajstić information content (AvgIpc) is 2.98. The predicted molar refractivity (Wildman–Crippen MR) is 104 cm³/mol. The van der Waals surface area contributed by atoms with Crippen LogP contribution in [0.5, 0.6) is 0 Å². The molecule has 1 aliphatic carbocycles. The van der Waals surface area contributed by atoms with E-state index in [0.717, 1.165) is 36.1 Å². The molecule has 2 aromatic carbocycles. The second kappa shape index (κ2) is 8.63. The van der Waals surface area contributed by atoms with Gasteiger partial charge in [-0.3, -0.25) is 0 Å². The van der Waals surface area contributed by atoms with E-state index in [1.54, 1.807) is 13.0 Å². The van der Waals surface area contributed by atoms with Gasteiger partial charge >= 0.3 is 186 Å². The van der Waals surface area contributed by atoms with Crippen LogP contribution in [0.1, 0.15) is 51.2 Å². The molecule has 0 N–H and O–H groups in total. The number of fused-ring (bicyclic) bond motifs is 1. The molecule has 0 heterocycles. The first kappa shape index (κ1) is 23.9. The number of benzene rings is 2. The van der Waals surface area contributed by atoms with E-state index in [2.05, 4.69) is 0 Å². The molecular weight excluding hydrogens is 528 g/mol. The quantitative estimate of drug-likeness (QED) is 0.337. The van der Waals surface area contributed by atoms with Crippen LogP contribution in [0.4, 0.5) is 26.3 Å². The van der Waals surface area contributed by atoms with Gasteiger partial charge in [-0.05, 0) is 0 Å². The predicted octanol–water partition coefficient (Wildman–Crippen LogP) is 8.86. The van der Waals surface area contributed by atoms with Gasteiger partial charge in [-0.15, -0.1) is 0 Å². The number of halogens is 8. The van der Waals surface area contributed by atoms with Crippen LogP contribution >= 0.6 is 17.0 Å². The van der Waals surface area contributed by atoms with Gasteiger partial charge in [-0.1, -0.05) is 0 Å². The molecule has 0 saturated carbocycles. The van der Waals surface area contributed by atoms with Crippen LogP contribution in [-0.2, 0) is 31.7 Å². The molecule has 0 bridgehead atoms. The van der Waals surface area contributed by atoms with Crippen LogP contribution in [-0.4, -0.2) is 0 Å². The molecule has 0 nitrogen and oxygen atoms in total. The monoisotopic (exact) mass is 543 g/mol. The van der Waals surface area contributed by atoms with Crippen molar-refractivity contribution < 1.29 is 45.7 Å². The Morgan fingerprint density at radius 3 is 1.97 bits per heavy atom. The van der Waals surface area contributed by atoms with E-state index in [1.165, 1.54) is 0 Å². The van der Waals surface area contributed by atoms with Crippen LogP contribution in [0.15, 0.2) is 35.9 Å². The molecule has 0 saturated heterocycles. The van der Waals surface area contributed by atoms with E-state index < -0.39 is 42.8 Å². The summed E-state index contributed by atoms with van der Waals surface area (Å²) >= 11 is -2.84. The molecule has 0 spiro atoms. The topological polar surface area (TPSA) is 0 Å². The average molecular weight is 545 g/mol. The molecule has 2 aromatic rings. The van der Waals surface area contributed by atoms with Crippen molar-refractivity contribution in [2.24, 2.45) is 0 Å². The number of rotatable bonds is 4. The second-order valence-corrected chi connectivity index (χ2v) is 16.1. The summed E-state index contributed by atoms with van der Waals surface area (Å²) in [5.41, 5.74) is 0.585. The summed E-state index contributed by atoms with van der Waals surface area (Å²) in [7, 11) is 12.7. The molecule has 161 valence electrons. The van der Waals surface area contributed by atoms with E-state index in [-0.39, 0.29) is 15.3 Å². The fourth-order valence-electron chi connectivity index (χ4n) is 3.87. The van der Waals surface area contributed by atoms with E-state index in [1.807, 2.05) is 19.1 Å². The standard InChI is InChI=1S/C21H17F6.2ClH.Zr/c1-3-4-13-7-14-6-5-12(2)19(18(14)8-13)15-9-16(20(22,23)24)11-17(10-15)21(25,26)27;;;/h5-11H,3-4H2,1-2H3;2*1H;/q;;;+2/p-2. The van der Waals surface area contributed by atoms with E-state index in [0.29, 0.717) is 16.7 Å². The minimum absolute atomic E-state index is 0.117. The number of aryl methyl sites for hydroxylation is 1. The third kappa shape index (κ3) is 4.68. The first-order valence-corrected chi connectivity index (χ1v) is 16.9. The van der Waals surface area contributed by atoms with Gasteiger partial charge in [0.2, 0.25) is 0 Å². The summed E-state index contributed by atoms with van der Waals surface area (Å²) < 4.78 is 79.9. The Hall–Kier alpha value is -0.777. The zero-order chi connectivity index (χ0) is 22.4. The number of alkyl halides is 6. The van der Waals surface area contributed by atoms with E-state index in [9.17, 15) is 26.3 Å². The Balaban J connectivity index is 2.31. The number of allylic oxidation sites excluding steroid dienone is 1. The van der Waals surface area contributed by atoms with Gasteiger partial charge in [0.1, 0.15) is 0 Å². The van der Waals surface area contributed by atoms with Crippen molar-refractivity contribution in [1.29, 1.82) is 0 Å². The summed E-state index contributed by atoms with van der Waals surface area (Å²) in [6.07, 6.45) is -6.40. The Morgan fingerprint density at radius 2 is 1.50 bits per heavy atom. The Morgan fingerprint density at radius 1 is 0.933 bits per heavy atom. The molecule has 0 radical (unpaired) electrons. The molecule has 0 amide bonds. The van der Waals surface area contributed by atoms with Gasteiger partial charge in [0.15, 0.2) is 0 Å². The zero-order valence-corrected chi connectivity index (χ0v) is 19.9. The van der Waals surface area contributed by atoms with Crippen molar-refractivity contribution in [2.75, 3.05) is 0 Å². The number of hydrogen-bond acceptors (Lipinski definition) is 0. The summed E-state index contributed by atoms with van der Waals surface area (Å²) in [6.45, 7) is 3.66. The Bertz CT molecular complexity index is 960. The molecule has 1 unspecified atom stereocenters. The van der Waals surface area contributed by atoms with E-state index in [4.69, 9.17) is 17.0 Å². The fraction of sp³-hybridized carbons (Fsp3) is 0.333. The summed E-state index contributed by atoms with van der Waals surface area (Å²) in [4.78, 5) is 0. The maximum atomic E-state index is 13.4. The molecular formula is C21H17Cl2F6Zr. The Labute approximate surface area is 185 Å². The third-order valence-corrected chi connectivity index (χ3v) is 10.5.